The number of nitrogens with zero attached hydrogens (tertiary/aromatic N) is 2. The van der Waals surface area contributed by atoms with E-state index in [1.165, 1.54) is 0 Å². The summed E-state index contributed by atoms with van der Waals surface area (Å²) < 4.78 is 12.3. The number of hydrogen-bond acceptors (Lipinski definition) is 7. The molecule has 2 bridgehead atoms. The van der Waals surface area contributed by atoms with E-state index in [-0.39, 0.29) is 41.7 Å². The number of esters is 1. The molecular formula is C31H48BrN3O7. The molecule has 0 aromatic heterocycles. The Bertz CT molecular complexity index is 1010. The molecule has 2 N–H and O–H groups in total. The average molecular weight is 655 g/mol. The van der Waals surface area contributed by atoms with E-state index in [4.69, 9.17) is 9.47 Å². The highest BCUT2D eigenvalue weighted by molar-refractivity contribution is 9.09. The maximum Gasteiger partial charge on any atom is 0.312 e. The van der Waals surface area contributed by atoms with Crippen LogP contribution in [0.1, 0.15) is 72.1 Å². The number of ether oxygens (including phenoxy) is 2. The molecule has 42 heavy (non-hydrogen) atoms. The number of likely N-dealkylation sites (tertiary alicyclic amines) is 1. The summed E-state index contributed by atoms with van der Waals surface area (Å²) in [5, 5.41) is 12.0. The predicted octanol–water partition coefficient (Wildman–Crippen LogP) is 3.11. The van der Waals surface area contributed by atoms with Crippen molar-refractivity contribution in [3.05, 3.63) is 25.3 Å². The summed E-state index contributed by atoms with van der Waals surface area (Å²) in [6.07, 6.45) is 7.01. The van der Waals surface area contributed by atoms with Gasteiger partial charge in [0.25, 0.3) is 0 Å². The Balaban J connectivity index is 1.89. The number of unbranched alkanes of at least 4 members (excludes halogenated alkanes) is 2. The minimum atomic E-state index is -1.17. The predicted molar refractivity (Wildman–Crippen MR) is 163 cm³/mol. The van der Waals surface area contributed by atoms with Gasteiger partial charge in [0, 0.05) is 37.0 Å². The molecule has 0 aromatic carbocycles. The Hall–Kier alpha value is -2.24. The molecule has 8 atom stereocenters. The smallest absolute Gasteiger partial charge is 0.312 e. The van der Waals surface area contributed by atoms with Crippen LogP contribution in [0, 0.1) is 11.8 Å². The summed E-state index contributed by atoms with van der Waals surface area (Å²) in [7, 11) is 0. The number of fused-ring (bicyclic) bond motifs is 1. The SMILES string of the molecule is C=CCCC(=O)NC[C@H](C)OC(=O)[C@H]1[C@@H]2O[C@@]3(CC2Br)[C@@H]1C(=O)N(CCCCCO)[C@@H]3C(=O)N(CC=C)C(C)CCC. The molecular weight excluding hydrogens is 606 g/mol. The van der Waals surface area contributed by atoms with Gasteiger partial charge < -0.3 is 29.7 Å². The second-order valence-corrected chi connectivity index (χ2v) is 13.0. The van der Waals surface area contributed by atoms with E-state index < -0.39 is 41.7 Å². The molecule has 10 nitrogen and oxygen atoms in total. The van der Waals surface area contributed by atoms with E-state index >= 15 is 0 Å². The molecule has 3 saturated heterocycles. The summed E-state index contributed by atoms with van der Waals surface area (Å²) >= 11 is 3.69. The molecule has 0 radical (unpaired) electrons. The van der Waals surface area contributed by atoms with E-state index in [1.807, 2.05) is 6.92 Å². The van der Waals surface area contributed by atoms with Crippen molar-refractivity contribution in [1.29, 1.82) is 0 Å². The summed E-state index contributed by atoms with van der Waals surface area (Å²) in [4.78, 5) is 57.4. The number of carbonyl (C=O) groups excluding carboxylic acids is 4. The van der Waals surface area contributed by atoms with Crippen molar-refractivity contribution in [3.8, 4) is 0 Å². The van der Waals surface area contributed by atoms with Gasteiger partial charge >= 0.3 is 5.97 Å². The zero-order valence-corrected chi connectivity index (χ0v) is 26.9. The van der Waals surface area contributed by atoms with Crippen LogP contribution < -0.4 is 5.32 Å². The van der Waals surface area contributed by atoms with E-state index in [1.54, 1.807) is 28.9 Å². The molecule has 236 valence electrons. The van der Waals surface area contributed by atoms with Crippen molar-refractivity contribution in [3.63, 3.8) is 0 Å². The highest BCUT2D eigenvalue weighted by Gasteiger charge is 2.77. The zero-order chi connectivity index (χ0) is 31.0. The van der Waals surface area contributed by atoms with Gasteiger partial charge in [-0.25, -0.2) is 0 Å². The number of alkyl halides is 1. The van der Waals surface area contributed by atoms with E-state index in [2.05, 4.69) is 41.3 Å². The minimum Gasteiger partial charge on any atom is -0.460 e. The van der Waals surface area contributed by atoms with Crippen molar-refractivity contribution in [2.75, 3.05) is 26.2 Å². The summed E-state index contributed by atoms with van der Waals surface area (Å²) in [6, 6.07) is -0.947. The molecule has 3 heterocycles. The summed E-state index contributed by atoms with van der Waals surface area (Å²) in [5.74, 6) is -2.92. The lowest BCUT2D eigenvalue weighted by Gasteiger charge is -2.39. The third kappa shape index (κ3) is 7.10. The summed E-state index contributed by atoms with van der Waals surface area (Å²) in [6.45, 7) is 14.1. The van der Waals surface area contributed by atoms with Gasteiger partial charge in [0.05, 0.1) is 24.5 Å². The first-order chi connectivity index (χ1) is 20.1. The van der Waals surface area contributed by atoms with Crippen LogP contribution in [0.3, 0.4) is 0 Å². The number of allylic oxidation sites excluding steroid dienone is 1. The van der Waals surface area contributed by atoms with Crippen molar-refractivity contribution in [1.82, 2.24) is 15.1 Å². The van der Waals surface area contributed by atoms with Gasteiger partial charge in [-0.2, -0.15) is 0 Å². The van der Waals surface area contributed by atoms with Crippen LogP contribution in [0.25, 0.3) is 0 Å². The molecule has 11 heteroatoms. The number of hydrogen-bond donors (Lipinski definition) is 2. The Morgan fingerprint density at radius 1 is 1.26 bits per heavy atom. The number of carbonyl (C=O) groups is 4. The van der Waals surface area contributed by atoms with E-state index in [0.29, 0.717) is 51.6 Å². The van der Waals surface area contributed by atoms with Gasteiger partial charge in [0.15, 0.2) is 0 Å². The maximum absolute atomic E-state index is 14.4. The van der Waals surface area contributed by atoms with Gasteiger partial charge in [-0.15, -0.1) is 13.2 Å². The first-order valence-electron chi connectivity index (χ1n) is 15.3. The molecule has 3 fully saturated rings. The van der Waals surface area contributed by atoms with E-state index in [9.17, 15) is 24.3 Å². The van der Waals surface area contributed by atoms with Crippen LogP contribution in [-0.4, -0.2) is 99.6 Å². The first kappa shape index (κ1) is 34.3. The number of nitrogens with one attached hydrogen (secondary N) is 1. The minimum absolute atomic E-state index is 0.0569. The first-order valence-corrected chi connectivity index (χ1v) is 16.2. The second kappa shape index (κ2) is 15.5. The average Bonchev–Trinajstić information content (AvgIpc) is 3.54. The number of aliphatic hydroxyl groups excluding tert-OH is 1. The fourth-order valence-corrected chi connectivity index (χ4v) is 7.69. The number of halogens is 1. The van der Waals surface area contributed by atoms with Crippen molar-refractivity contribution in [2.24, 2.45) is 11.8 Å². The third-order valence-corrected chi connectivity index (χ3v) is 9.52. The van der Waals surface area contributed by atoms with Crippen LogP contribution in [0.15, 0.2) is 25.3 Å². The Morgan fingerprint density at radius 3 is 2.64 bits per heavy atom. The van der Waals surface area contributed by atoms with Crippen LogP contribution in [0.2, 0.25) is 0 Å². The van der Waals surface area contributed by atoms with Crippen molar-refractivity contribution in [2.45, 2.75) is 107 Å². The monoisotopic (exact) mass is 653 g/mol. The highest BCUT2D eigenvalue weighted by atomic mass is 79.9. The topological polar surface area (TPSA) is 125 Å². The lowest BCUT2D eigenvalue weighted by molar-refractivity contribution is -0.159. The molecule has 3 rings (SSSR count). The molecule has 3 aliphatic rings. The number of rotatable bonds is 18. The van der Waals surface area contributed by atoms with Crippen molar-refractivity contribution >= 4 is 39.6 Å². The van der Waals surface area contributed by atoms with Crippen LogP contribution in [0.4, 0.5) is 0 Å². The van der Waals surface area contributed by atoms with Crippen molar-refractivity contribution < 1.29 is 33.8 Å². The van der Waals surface area contributed by atoms with Gasteiger partial charge in [-0.3, -0.25) is 19.2 Å². The molecule has 3 aliphatic heterocycles. The van der Waals surface area contributed by atoms with Crippen LogP contribution in [-0.2, 0) is 28.7 Å². The number of aliphatic hydroxyl groups is 1. The Labute approximate surface area is 258 Å². The Morgan fingerprint density at radius 2 is 2.00 bits per heavy atom. The largest absolute Gasteiger partial charge is 0.460 e. The fourth-order valence-electron chi connectivity index (χ4n) is 6.74. The second-order valence-electron chi connectivity index (χ2n) is 11.8. The molecule has 0 aromatic rings. The molecule has 2 unspecified atom stereocenters. The molecule has 3 amide bonds. The standard InChI is InChI=1S/C31H48BrN3O7/c1-6-9-14-23(37)33-19-21(5)41-30(40)24-25-28(38)35(16-11-10-12-17-36)27(31(25)18-22(32)26(24)42-31)29(39)34(15-8-3)20(4)13-7-2/h6,8,20-22,24-27,36H,1,3,7,9-19H2,2,4-5H3,(H,33,37)/t20?,21-,22?,24+,25-,26+,27+,31-/m0/s1. The van der Waals surface area contributed by atoms with Gasteiger partial charge in [-0.05, 0) is 52.4 Å². The quantitative estimate of drug-likeness (QED) is 0.101. The molecule has 0 aliphatic carbocycles. The highest BCUT2D eigenvalue weighted by Crippen LogP contribution is 2.60. The molecule has 0 saturated carbocycles. The van der Waals surface area contributed by atoms with Gasteiger partial charge in [0.2, 0.25) is 17.7 Å². The summed E-state index contributed by atoms with van der Waals surface area (Å²) in [5.41, 5.74) is -1.17. The normalized spacial score (nSPS) is 29.1. The van der Waals surface area contributed by atoms with E-state index in [0.717, 1.165) is 12.8 Å². The zero-order valence-electron chi connectivity index (χ0n) is 25.3. The lowest BCUT2D eigenvalue weighted by atomic mass is 9.70. The van der Waals surface area contributed by atoms with Crippen LogP contribution >= 0.6 is 15.9 Å². The maximum atomic E-state index is 14.4. The molecule has 1 spiro atoms. The Kier molecular flexibility index (Phi) is 12.6. The van der Waals surface area contributed by atoms with Gasteiger partial charge in [0.1, 0.15) is 17.7 Å². The fraction of sp³-hybridized carbons (Fsp3) is 0.742. The van der Waals surface area contributed by atoms with Gasteiger partial charge in [-0.1, -0.05) is 41.4 Å². The van der Waals surface area contributed by atoms with Crippen LogP contribution in [0.5, 0.6) is 0 Å². The number of amides is 3. The third-order valence-electron chi connectivity index (χ3n) is 8.68. The lowest BCUT2D eigenvalue weighted by Crippen LogP contribution is -2.58.